The predicted molar refractivity (Wildman–Crippen MR) is 69.9 cm³/mol. The molecule has 0 amide bonds. The van der Waals surface area contributed by atoms with E-state index < -0.39 is 13.5 Å². The van der Waals surface area contributed by atoms with Crippen LogP contribution in [0.1, 0.15) is 0 Å². The fraction of sp³-hybridized carbons (Fsp3) is 0.400. The molecule has 0 saturated carbocycles. The first-order valence-corrected chi connectivity index (χ1v) is 9.18. The van der Waals surface area contributed by atoms with E-state index in [0.29, 0.717) is 5.03 Å². The van der Waals surface area contributed by atoms with Gasteiger partial charge in [-0.15, -0.1) is 0 Å². The van der Waals surface area contributed by atoms with Gasteiger partial charge in [-0.25, -0.2) is 9.78 Å². The van der Waals surface area contributed by atoms with E-state index in [1.54, 1.807) is 12.3 Å². The van der Waals surface area contributed by atoms with E-state index in [9.17, 15) is 4.79 Å². The highest BCUT2D eigenvalue weighted by Gasteiger charge is 2.20. The maximum absolute atomic E-state index is 10.5. The zero-order chi connectivity index (χ0) is 12.3. The molecule has 0 aromatic carbocycles. The van der Waals surface area contributed by atoms with Gasteiger partial charge in [0, 0.05) is 17.4 Å². The van der Waals surface area contributed by atoms with Crippen molar-refractivity contribution in [3.63, 3.8) is 0 Å². The molecule has 0 radical (unpaired) electrons. The lowest BCUT2D eigenvalue weighted by molar-refractivity contribution is 0.222. The summed E-state index contributed by atoms with van der Waals surface area (Å²) in [7, 11) is 0.668. The summed E-state index contributed by atoms with van der Waals surface area (Å²) in [6, 6.07) is 3.65. The Bertz CT molecular complexity index is 375. The molecule has 1 N–H and O–H groups in total. The van der Waals surface area contributed by atoms with Crippen molar-refractivity contribution < 1.29 is 9.90 Å². The number of hydrogen-bond acceptors (Lipinski definition) is 4. The Hall–Kier alpha value is -1.01. The molecular weight excluding hydrogens is 240 g/mol. The highest BCUT2D eigenvalue weighted by Crippen LogP contribution is 2.22. The van der Waals surface area contributed by atoms with Gasteiger partial charge in [0.25, 0.3) is 0 Å². The van der Waals surface area contributed by atoms with Crippen LogP contribution in [-0.2, 0) is 0 Å². The van der Waals surface area contributed by atoms with Crippen molar-refractivity contribution in [1.29, 1.82) is 0 Å². The fourth-order valence-corrected chi connectivity index (χ4v) is 2.44. The predicted octanol–water partition coefficient (Wildman–Crippen LogP) is 3.12. The Morgan fingerprint density at radius 2 is 2.06 bits per heavy atom. The number of thioether (sulfide) groups is 1. The van der Waals surface area contributed by atoms with Crippen LogP contribution in [0.2, 0.25) is 19.6 Å². The minimum Gasteiger partial charge on any atom is -0.473 e. The first-order valence-electron chi connectivity index (χ1n) is 4.91. The summed E-state index contributed by atoms with van der Waals surface area (Å²) in [6.07, 6.45) is 1.73. The molecule has 0 bridgehead atoms. The van der Waals surface area contributed by atoms with Crippen LogP contribution in [0.15, 0.2) is 23.4 Å². The van der Waals surface area contributed by atoms with Gasteiger partial charge in [-0.1, -0.05) is 19.6 Å². The van der Waals surface area contributed by atoms with Crippen molar-refractivity contribution in [3.05, 3.63) is 18.3 Å². The molecule has 0 aliphatic carbocycles. The van der Waals surface area contributed by atoms with Crippen LogP contribution in [-0.4, -0.2) is 30.7 Å². The summed E-state index contributed by atoms with van der Waals surface area (Å²) in [4.78, 5) is 14.6. The summed E-state index contributed by atoms with van der Waals surface area (Å²) < 4.78 is 2.23. The molecule has 0 unspecified atom stereocenters. The number of carbonyl (C=O) groups is 1. The van der Waals surface area contributed by atoms with Gasteiger partial charge in [0.15, 0.2) is 0 Å². The van der Waals surface area contributed by atoms with Crippen molar-refractivity contribution in [2.75, 3.05) is 11.6 Å². The van der Waals surface area contributed by atoms with Crippen LogP contribution in [0.5, 0.6) is 0 Å². The Balaban J connectivity index is 2.83. The van der Waals surface area contributed by atoms with Gasteiger partial charge < -0.3 is 9.67 Å². The molecule has 6 heteroatoms. The molecule has 0 aliphatic rings. The second-order valence-corrected chi connectivity index (χ2v) is 10.4. The molecule has 0 fully saturated rings. The number of nitrogens with zero attached hydrogens (tertiary/aromatic N) is 2. The van der Waals surface area contributed by atoms with Gasteiger partial charge in [-0.05, 0) is 19.2 Å². The molecule has 1 aromatic heterocycles. The average Bonchev–Trinajstić information content (AvgIpc) is 2.15. The summed E-state index contributed by atoms with van der Waals surface area (Å²) >= 11 is 0.725. The normalized spacial score (nSPS) is 11.2. The highest BCUT2D eigenvalue weighted by atomic mass is 32.2. The molecule has 1 aromatic rings. The summed E-state index contributed by atoms with van der Waals surface area (Å²) in [6.45, 7) is 6.73. The lowest BCUT2D eigenvalue weighted by atomic mass is 10.4. The van der Waals surface area contributed by atoms with Gasteiger partial charge in [0.2, 0.25) is 0 Å². The summed E-state index contributed by atoms with van der Waals surface area (Å²) in [5.41, 5.74) is 1.04. The number of pyridine rings is 1. The molecular formula is C10H16N2O2SSi. The number of carboxylic acid groups (broad SMARTS) is 1. The van der Waals surface area contributed by atoms with Crippen LogP contribution < -0.4 is 4.57 Å². The zero-order valence-electron chi connectivity index (χ0n) is 9.89. The molecule has 0 spiro atoms. The van der Waals surface area contributed by atoms with Gasteiger partial charge in [0.1, 0.15) is 13.3 Å². The van der Waals surface area contributed by atoms with E-state index in [0.717, 1.165) is 17.4 Å². The molecule has 4 nitrogen and oxygen atoms in total. The van der Waals surface area contributed by atoms with Crippen molar-refractivity contribution >= 4 is 31.0 Å². The smallest absolute Gasteiger partial charge is 0.371 e. The molecule has 1 heterocycles. The Kier molecular flexibility index (Phi) is 3.98. The highest BCUT2D eigenvalue weighted by molar-refractivity contribution is 8.13. The number of rotatable bonds is 3. The van der Waals surface area contributed by atoms with Crippen molar-refractivity contribution in [2.24, 2.45) is 0 Å². The number of hydrogen-bond donors (Lipinski definition) is 1. The minimum atomic E-state index is -1.38. The third-order valence-electron chi connectivity index (χ3n) is 2.31. The lowest BCUT2D eigenvalue weighted by Gasteiger charge is -2.31. The third kappa shape index (κ3) is 3.53. The molecule has 0 aliphatic heterocycles. The van der Waals surface area contributed by atoms with E-state index in [4.69, 9.17) is 5.11 Å². The van der Waals surface area contributed by atoms with Gasteiger partial charge >= 0.3 is 5.30 Å². The second-order valence-electron chi connectivity index (χ2n) is 4.45. The van der Waals surface area contributed by atoms with E-state index in [2.05, 4.69) is 29.2 Å². The molecule has 88 valence electrons. The molecule has 1 rings (SSSR count). The Morgan fingerprint density at radius 1 is 1.44 bits per heavy atom. The summed E-state index contributed by atoms with van der Waals surface area (Å²) in [5, 5.41) is 8.18. The zero-order valence-corrected chi connectivity index (χ0v) is 11.7. The van der Waals surface area contributed by atoms with Crippen molar-refractivity contribution in [2.45, 2.75) is 24.7 Å². The molecule has 0 saturated heterocycles. The van der Waals surface area contributed by atoms with E-state index >= 15 is 0 Å². The second kappa shape index (κ2) is 4.88. The third-order valence-corrected chi connectivity index (χ3v) is 5.20. The van der Waals surface area contributed by atoms with E-state index in [-0.39, 0.29) is 0 Å². The number of anilines is 1. The van der Waals surface area contributed by atoms with Crippen LogP contribution in [0.3, 0.4) is 0 Å². The molecule has 16 heavy (non-hydrogen) atoms. The maximum atomic E-state index is 10.5. The van der Waals surface area contributed by atoms with E-state index in [1.165, 1.54) is 0 Å². The largest absolute Gasteiger partial charge is 0.473 e. The first-order chi connectivity index (χ1) is 7.30. The standard InChI is InChI=1S/C10H16N2O2SSi/c1-12(16(2,3)4)8-5-6-9(11-7-8)15-10(13)14/h5-7H,1-4H3,(H,13,14). The monoisotopic (exact) mass is 256 g/mol. The topological polar surface area (TPSA) is 53.4 Å². The Morgan fingerprint density at radius 3 is 2.44 bits per heavy atom. The van der Waals surface area contributed by atoms with Crippen molar-refractivity contribution in [3.8, 4) is 0 Å². The number of aromatic nitrogens is 1. The van der Waals surface area contributed by atoms with Crippen molar-refractivity contribution in [1.82, 2.24) is 4.98 Å². The lowest BCUT2D eigenvalue weighted by Crippen LogP contribution is -2.43. The van der Waals surface area contributed by atoms with Crippen LogP contribution in [0, 0.1) is 0 Å². The van der Waals surface area contributed by atoms with Gasteiger partial charge in [-0.3, -0.25) is 0 Å². The van der Waals surface area contributed by atoms with Crippen LogP contribution in [0.25, 0.3) is 0 Å². The van der Waals surface area contributed by atoms with Gasteiger partial charge in [0.05, 0.1) is 6.20 Å². The van der Waals surface area contributed by atoms with Crippen LogP contribution in [0.4, 0.5) is 10.5 Å². The maximum Gasteiger partial charge on any atom is 0.371 e. The van der Waals surface area contributed by atoms with E-state index in [1.807, 2.05) is 13.1 Å². The Labute approximate surface area is 101 Å². The van der Waals surface area contributed by atoms with Crippen LogP contribution >= 0.6 is 11.8 Å². The minimum absolute atomic E-state index is 0.514. The van der Waals surface area contributed by atoms with Gasteiger partial charge in [-0.2, -0.15) is 0 Å². The first kappa shape index (κ1) is 13.1. The fourth-order valence-electron chi connectivity index (χ4n) is 1.11. The average molecular weight is 256 g/mol. The molecule has 0 atom stereocenters. The quantitative estimate of drug-likeness (QED) is 0.665. The SMILES string of the molecule is CN(c1ccc(SC(=O)O)nc1)[Si](C)(C)C. The summed E-state index contributed by atoms with van der Waals surface area (Å²) in [5.74, 6) is 0.